The van der Waals surface area contributed by atoms with E-state index < -0.39 is 0 Å². The van der Waals surface area contributed by atoms with Crippen LogP contribution in [0.3, 0.4) is 0 Å². The zero-order valence-corrected chi connectivity index (χ0v) is 8.42. The van der Waals surface area contributed by atoms with Gasteiger partial charge in [-0.05, 0) is 37.5 Å². The molecule has 1 nitrogen and oxygen atoms in total. The van der Waals surface area contributed by atoms with Gasteiger partial charge in [-0.25, -0.2) is 5.11 Å². The smallest absolute Gasteiger partial charge is 0.101 e. The van der Waals surface area contributed by atoms with Crippen molar-refractivity contribution in [2.75, 3.05) is 6.61 Å². The molecule has 0 N–H and O–H groups in total. The first-order chi connectivity index (χ1) is 6.15. The van der Waals surface area contributed by atoms with Crippen molar-refractivity contribution in [2.45, 2.75) is 20.8 Å². The lowest BCUT2D eigenvalue weighted by Crippen LogP contribution is -1.88. The summed E-state index contributed by atoms with van der Waals surface area (Å²) >= 11 is 0. The van der Waals surface area contributed by atoms with Crippen LogP contribution in [0.15, 0.2) is 18.2 Å². The lowest BCUT2D eigenvalue weighted by Gasteiger charge is -2.06. The second kappa shape index (κ2) is 4.24. The summed E-state index contributed by atoms with van der Waals surface area (Å²) in [5.74, 6) is 0. The average molecular weight is 175 g/mol. The standard InChI is InChI=1S/C12H15O/c1-9-7-10(2)12(5-4-6-13)11(3)8-9/h4-5,7-8H,6H2,1-3H3. The summed E-state index contributed by atoms with van der Waals surface area (Å²) in [6, 6.07) is 4.27. The van der Waals surface area contributed by atoms with Crippen LogP contribution in [0.4, 0.5) is 0 Å². The largest absolute Gasteiger partial charge is 0.232 e. The van der Waals surface area contributed by atoms with Gasteiger partial charge in [-0.3, -0.25) is 0 Å². The minimum Gasteiger partial charge on any atom is -0.232 e. The molecule has 1 heteroatoms. The molecule has 0 saturated heterocycles. The highest BCUT2D eigenvalue weighted by Gasteiger charge is 1.99. The molecule has 1 radical (unpaired) electrons. The number of hydrogen-bond acceptors (Lipinski definition) is 0. The zero-order valence-electron chi connectivity index (χ0n) is 8.42. The van der Waals surface area contributed by atoms with E-state index in [9.17, 15) is 5.11 Å². The Morgan fingerprint density at radius 1 is 1.15 bits per heavy atom. The van der Waals surface area contributed by atoms with Crippen molar-refractivity contribution in [3.8, 4) is 0 Å². The van der Waals surface area contributed by atoms with Crippen LogP contribution in [0.1, 0.15) is 22.3 Å². The topological polar surface area (TPSA) is 19.9 Å². The first-order valence-electron chi connectivity index (χ1n) is 4.47. The SMILES string of the molecule is Cc1cc(C)c(C=CC[O])c(C)c1. The van der Waals surface area contributed by atoms with Gasteiger partial charge in [0.2, 0.25) is 0 Å². The van der Waals surface area contributed by atoms with Crippen molar-refractivity contribution >= 4 is 6.08 Å². The van der Waals surface area contributed by atoms with E-state index >= 15 is 0 Å². The van der Waals surface area contributed by atoms with Crippen LogP contribution in [0.2, 0.25) is 0 Å². The quantitative estimate of drug-likeness (QED) is 0.658. The Balaban J connectivity index is 3.13. The molecule has 1 aromatic rings. The molecule has 1 aromatic carbocycles. The molecule has 0 atom stereocenters. The van der Waals surface area contributed by atoms with Crippen LogP contribution in [0, 0.1) is 20.8 Å². The summed E-state index contributed by atoms with van der Waals surface area (Å²) < 4.78 is 0. The van der Waals surface area contributed by atoms with E-state index in [4.69, 9.17) is 0 Å². The van der Waals surface area contributed by atoms with Crippen LogP contribution in [-0.2, 0) is 5.11 Å². The van der Waals surface area contributed by atoms with Gasteiger partial charge in [-0.2, -0.15) is 0 Å². The fourth-order valence-corrected chi connectivity index (χ4v) is 1.62. The molecule has 69 valence electrons. The van der Waals surface area contributed by atoms with Gasteiger partial charge < -0.3 is 0 Å². The Bertz CT molecular complexity index is 301. The van der Waals surface area contributed by atoms with Gasteiger partial charge in [-0.1, -0.05) is 29.8 Å². The Labute approximate surface area is 79.7 Å². The van der Waals surface area contributed by atoms with Crippen LogP contribution < -0.4 is 0 Å². The van der Waals surface area contributed by atoms with Gasteiger partial charge in [0.05, 0.1) is 0 Å². The molecule has 1 rings (SSSR count). The van der Waals surface area contributed by atoms with Crippen LogP contribution >= 0.6 is 0 Å². The second-order valence-corrected chi connectivity index (χ2v) is 3.38. The molecular formula is C12H15O. The van der Waals surface area contributed by atoms with E-state index in [0.29, 0.717) is 0 Å². The predicted octanol–water partition coefficient (Wildman–Crippen LogP) is 3.06. The lowest BCUT2D eigenvalue weighted by molar-refractivity contribution is 0.233. The van der Waals surface area contributed by atoms with Gasteiger partial charge in [-0.15, -0.1) is 0 Å². The van der Waals surface area contributed by atoms with Gasteiger partial charge in [0.25, 0.3) is 0 Å². The third kappa shape index (κ3) is 2.43. The van der Waals surface area contributed by atoms with E-state index in [1.165, 1.54) is 22.3 Å². The lowest BCUT2D eigenvalue weighted by atomic mass is 9.99. The Morgan fingerprint density at radius 3 is 2.15 bits per heavy atom. The molecule has 0 bridgehead atoms. The highest BCUT2D eigenvalue weighted by Crippen LogP contribution is 2.17. The summed E-state index contributed by atoms with van der Waals surface area (Å²) in [6.07, 6.45) is 3.57. The Morgan fingerprint density at radius 2 is 1.69 bits per heavy atom. The van der Waals surface area contributed by atoms with E-state index in [2.05, 4.69) is 32.9 Å². The highest BCUT2D eigenvalue weighted by atomic mass is 16.2. The van der Waals surface area contributed by atoms with E-state index in [0.717, 1.165) is 0 Å². The van der Waals surface area contributed by atoms with Crippen molar-refractivity contribution in [2.24, 2.45) is 0 Å². The molecule has 0 aliphatic carbocycles. The summed E-state index contributed by atoms with van der Waals surface area (Å²) in [5, 5.41) is 10.3. The maximum Gasteiger partial charge on any atom is 0.101 e. The Hall–Kier alpha value is -1.08. The van der Waals surface area contributed by atoms with E-state index in [1.807, 2.05) is 6.08 Å². The van der Waals surface area contributed by atoms with Crippen molar-refractivity contribution in [3.05, 3.63) is 40.5 Å². The van der Waals surface area contributed by atoms with Crippen molar-refractivity contribution in [3.63, 3.8) is 0 Å². The molecule has 0 aliphatic heterocycles. The van der Waals surface area contributed by atoms with Crippen molar-refractivity contribution in [1.29, 1.82) is 0 Å². The number of benzene rings is 1. The van der Waals surface area contributed by atoms with E-state index in [1.54, 1.807) is 6.08 Å². The highest BCUT2D eigenvalue weighted by molar-refractivity contribution is 5.58. The maximum atomic E-state index is 10.3. The first-order valence-corrected chi connectivity index (χ1v) is 4.47. The number of rotatable bonds is 2. The minimum absolute atomic E-state index is 0.146. The summed E-state index contributed by atoms with van der Waals surface area (Å²) in [6.45, 7) is 6.09. The van der Waals surface area contributed by atoms with Gasteiger partial charge in [0.15, 0.2) is 0 Å². The molecule has 0 aliphatic rings. The van der Waals surface area contributed by atoms with Crippen molar-refractivity contribution < 1.29 is 5.11 Å². The summed E-state index contributed by atoms with van der Waals surface area (Å²) in [5.41, 5.74) is 4.93. The van der Waals surface area contributed by atoms with Gasteiger partial charge in [0.1, 0.15) is 6.61 Å². The molecule has 0 spiro atoms. The second-order valence-electron chi connectivity index (χ2n) is 3.38. The van der Waals surface area contributed by atoms with Crippen LogP contribution in [-0.4, -0.2) is 6.61 Å². The van der Waals surface area contributed by atoms with Gasteiger partial charge >= 0.3 is 0 Å². The normalized spacial score (nSPS) is 11.1. The monoisotopic (exact) mass is 175 g/mol. The minimum atomic E-state index is -0.146. The molecule has 0 fully saturated rings. The van der Waals surface area contributed by atoms with Crippen molar-refractivity contribution in [1.82, 2.24) is 0 Å². The first kappa shape index (κ1) is 10.0. The van der Waals surface area contributed by atoms with E-state index in [-0.39, 0.29) is 6.61 Å². The zero-order chi connectivity index (χ0) is 9.84. The maximum absolute atomic E-state index is 10.3. The fourth-order valence-electron chi connectivity index (χ4n) is 1.62. The fraction of sp³-hybridized carbons (Fsp3) is 0.333. The molecule has 0 heterocycles. The van der Waals surface area contributed by atoms with Crippen LogP contribution in [0.25, 0.3) is 6.08 Å². The molecule has 13 heavy (non-hydrogen) atoms. The summed E-state index contributed by atoms with van der Waals surface area (Å²) in [7, 11) is 0. The van der Waals surface area contributed by atoms with Gasteiger partial charge in [0, 0.05) is 0 Å². The predicted molar refractivity (Wildman–Crippen MR) is 55.2 cm³/mol. The molecule has 0 amide bonds. The number of hydrogen-bond donors (Lipinski definition) is 0. The third-order valence-corrected chi connectivity index (χ3v) is 2.12. The molecule has 0 saturated carbocycles. The molecule has 0 unspecified atom stereocenters. The average Bonchev–Trinajstić information content (AvgIpc) is 2.02. The molecule has 0 aromatic heterocycles. The Kier molecular flexibility index (Phi) is 3.26. The number of aryl methyl sites for hydroxylation is 3. The van der Waals surface area contributed by atoms with Crippen LogP contribution in [0.5, 0.6) is 0 Å². The third-order valence-electron chi connectivity index (χ3n) is 2.12. The summed E-state index contributed by atoms with van der Waals surface area (Å²) in [4.78, 5) is 0. The molecular weight excluding hydrogens is 160 g/mol.